The van der Waals surface area contributed by atoms with Gasteiger partial charge in [-0.15, -0.1) is 0 Å². The molecule has 1 atom stereocenters. The Morgan fingerprint density at radius 1 is 1.64 bits per heavy atom. The summed E-state index contributed by atoms with van der Waals surface area (Å²) in [6, 6.07) is 4.03. The molecule has 1 aromatic rings. The molecule has 0 aliphatic heterocycles. The highest BCUT2D eigenvalue weighted by molar-refractivity contribution is 5.39. The second-order valence-electron chi connectivity index (χ2n) is 3.15. The summed E-state index contributed by atoms with van der Waals surface area (Å²) in [6.07, 6.45) is 0.0520. The fourth-order valence-corrected chi connectivity index (χ4v) is 1.25. The predicted octanol–water partition coefficient (Wildman–Crippen LogP) is 1.75. The predicted molar refractivity (Wildman–Crippen MR) is 50.0 cm³/mol. The van der Waals surface area contributed by atoms with Crippen LogP contribution < -0.4 is 5.73 Å². The molecule has 0 aromatic heterocycles. The van der Waals surface area contributed by atoms with Gasteiger partial charge in [0.15, 0.2) is 11.6 Å². The molecule has 3 nitrogen and oxygen atoms in total. The first kappa shape index (κ1) is 10.5. The lowest BCUT2D eigenvalue weighted by Crippen LogP contribution is -2.10. The van der Waals surface area contributed by atoms with Crippen LogP contribution in [0.25, 0.3) is 0 Å². The van der Waals surface area contributed by atoms with E-state index in [1.807, 2.05) is 6.07 Å². The summed E-state index contributed by atoms with van der Waals surface area (Å²) in [7, 11) is 0. The number of halogens is 1. The minimum Gasteiger partial charge on any atom is -0.505 e. The number of nitrogens with zero attached hydrogens (tertiary/aromatic N) is 1. The maximum atomic E-state index is 13.1. The van der Waals surface area contributed by atoms with Gasteiger partial charge in [0.1, 0.15) is 0 Å². The van der Waals surface area contributed by atoms with E-state index in [0.29, 0.717) is 5.56 Å². The third-order valence-electron chi connectivity index (χ3n) is 1.95. The quantitative estimate of drug-likeness (QED) is 0.753. The van der Waals surface area contributed by atoms with E-state index in [1.165, 1.54) is 6.07 Å². The molecule has 14 heavy (non-hydrogen) atoms. The van der Waals surface area contributed by atoms with E-state index in [4.69, 9.17) is 11.0 Å². The number of phenols is 1. The fourth-order valence-electron chi connectivity index (χ4n) is 1.25. The molecular weight excluding hydrogens is 183 g/mol. The maximum Gasteiger partial charge on any atom is 0.165 e. The van der Waals surface area contributed by atoms with E-state index in [0.717, 1.165) is 0 Å². The van der Waals surface area contributed by atoms with Crippen molar-refractivity contribution in [2.75, 3.05) is 0 Å². The van der Waals surface area contributed by atoms with Gasteiger partial charge in [-0.05, 0) is 18.6 Å². The van der Waals surface area contributed by atoms with Crippen LogP contribution in [0.3, 0.4) is 0 Å². The third-order valence-corrected chi connectivity index (χ3v) is 1.95. The first-order chi connectivity index (χ1) is 6.56. The molecule has 0 saturated heterocycles. The van der Waals surface area contributed by atoms with Crippen molar-refractivity contribution in [3.8, 4) is 11.8 Å². The van der Waals surface area contributed by atoms with Crippen LogP contribution in [0.15, 0.2) is 12.1 Å². The number of phenolic OH excluding ortho intramolecular Hbond substituents is 1. The molecule has 4 heteroatoms. The molecule has 0 heterocycles. The number of rotatable bonds is 2. The first-order valence-corrected chi connectivity index (χ1v) is 4.17. The van der Waals surface area contributed by atoms with Crippen molar-refractivity contribution in [1.29, 1.82) is 5.26 Å². The molecule has 0 radical (unpaired) electrons. The van der Waals surface area contributed by atoms with E-state index in [-0.39, 0.29) is 12.0 Å². The topological polar surface area (TPSA) is 70.0 Å². The smallest absolute Gasteiger partial charge is 0.165 e. The molecule has 0 aliphatic rings. The number of nitrogens with two attached hydrogens (primary N) is 1. The van der Waals surface area contributed by atoms with Gasteiger partial charge in [-0.3, -0.25) is 0 Å². The molecule has 0 amide bonds. The van der Waals surface area contributed by atoms with Crippen molar-refractivity contribution in [2.24, 2.45) is 5.73 Å². The second-order valence-corrected chi connectivity index (χ2v) is 3.15. The highest BCUT2D eigenvalue weighted by Gasteiger charge is 2.14. The van der Waals surface area contributed by atoms with Crippen molar-refractivity contribution < 1.29 is 9.50 Å². The zero-order valence-corrected chi connectivity index (χ0v) is 7.79. The Morgan fingerprint density at radius 2 is 2.29 bits per heavy atom. The van der Waals surface area contributed by atoms with Gasteiger partial charge in [0.25, 0.3) is 0 Å². The minimum atomic E-state index is -0.701. The summed E-state index contributed by atoms with van der Waals surface area (Å²) < 4.78 is 13.1. The summed E-state index contributed by atoms with van der Waals surface area (Å²) >= 11 is 0. The van der Waals surface area contributed by atoms with Crippen LogP contribution in [0, 0.1) is 24.1 Å². The maximum absolute atomic E-state index is 13.1. The van der Waals surface area contributed by atoms with Gasteiger partial charge in [0, 0.05) is 11.6 Å². The normalized spacial score (nSPS) is 12.1. The van der Waals surface area contributed by atoms with E-state index >= 15 is 0 Å². The average Bonchev–Trinajstić information content (AvgIpc) is 2.11. The Bertz CT molecular complexity index is 384. The molecule has 0 aliphatic carbocycles. The molecular formula is C10H11FN2O. The molecule has 3 N–H and O–H groups in total. The molecule has 74 valence electrons. The SMILES string of the molecule is Cc1cc(F)c(O)c([C@@H](N)CC#N)c1. The highest BCUT2D eigenvalue weighted by Crippen LogP contribution is 2.28. The van der Waals surface area contributed by atoms with Crippen molar-refractivity contribution in [3.05, 3.63) is 29.1 Å². The Kier molecular flexibility index (Phi) is 3.05. The standard InChI is InChI=1S/C10H11FN2O/c1-6-4-7(9(13)2-3-12)10(14)8(11)5-6/h4-5,9,14H,2,13H2,1H3/t9-/m0/s1. The minimum absolute atomic E-state index is 0.0520. The van der Waals surface area contributed by atoms with Gasteiger partial charge < -0.3 is 10.8 Å². The molecule has 1 aromatic carbocycles. The van der Waals surface area contributed by atoms with Gasteiger partial charge >= 0.3 is 0 Å². The van der Waals surface area contributed by atoms with Crippen LogP contribution in [0.5, 0.6) is 5.75 Å². The molecule has 0 unspecified atom stereocenters. The lowest BCUT2D eigenvalue weighted by Gasteiger charge is -2.11. The van der Waals surface area contributed by atoms with E-state index in [1.54, 1.807) is 13.0 Å². The first-order valence-electron chi connectivity index (χ1n) is 4.17. The highest BCUT2D eigenvalue weighted by atomic mass is 19.1. The lowest BCUT2D eigenvalue weighted by atomic mass is 10.0. The van der Waals surface area contributed by atoms with Crippen LogP contribution in [0.2, 0.25) is 0 Å². The van der Waals surface area contributed by atoms with E-state index in [9.17, 15) is 9.50 Å². The van der Waals surface area contributed by atoms with Crippen molar-refractivity contribution in [2.45, 2.75) is 19.4 Å². The van der Waals surface area contributed by atoms with Crippen molar-refractivity contribution >= 4 is 0 Å². The van der Waals surface area contributed by atoms with Gasteiger partial charge in [-0.25, -0.2) is 4.39 Å². The Balaban J connectivity index is 3.14. The summed E-state index contributed by atoms with van der Waals surface area (Å²) in [6.45, 7) is 1.70. The summed E-state index contributed by atoms with van der Waals surface area (Å²) in [5.74, 6) is -1.16. The second kappa shape index (κ2) is 4.07. The third kappa shape index (κ3) is 2.01. The number of hydrogen-bond acceptors (Lipinski definition) is 3. The molecule has 1 rings (SSSR count). The molecule has 0 fully saturated rings. The zero-order valence-electron chi connectivity index (χ0n) is 7.79. The van der Waals surface area contributed by atoms with Crippen LogP contribution in [0.1, 0.15) is 23.6 Å². The average molecular weight is 194 g/mol. The summed E-state index contributed by atoms with van der Waals surface area (Å²) in [5, 5.41) is 17.8. The fraction of sp³-hybridized carbons (Fsp3) is 0.300. The molecule has 0 spiro atoms. The van der Waals surface area contributed by atoms with Crippen LogP contribution >= 0.6 is 0 Å². The number of nitriles is 1. The zero-order chi connectivity index (χ0) is 10.7. The van der Waals surface area contributed by atoms with Crippen molar-refractivity contribution in [1.82, 2.24) is 0 Å². The van der Waals surface area contributed by atoms with Gasteiger partial charge in [0.2, 0.25) is 0 Å². The van der Waals surface area contributed by atoms with Gasteiger partial charge in [-0.1, -0.05) is 6.07 Å². The van der Waals surface area contributed by atoms with Crippen LogP contribution in [0.4, 0.5) is 4.39 Å². The van der Waals surface area contributed by atoms with E-state index in [2.05, 4.69) is 0 Å². The number of benzene rings is 1. The van der Waals surface area contributed by atoms with Crippen LogP contribution in [-0.4, -0.2) is 5.11 Å². The Labute approximate surface area is 81.6 Å². The lowest BCUT2D eigenvalue weighted by molar-refractivity contribution is 0.420. The van der Waals surface area contributed by atoms with Crippen LogP contribution in [-0.2, 0) is 0 Å². The Hall–Kier alpha value is -1.60. The summed E-state index contributed by atoms with van der Waals surface area (Å²) in [5.41, 5.74) is 6.55. The number of aryl methyl sites for hydroxylation is 1. The van der Waals surface area contributed by atoms with Gasteiger partial charge in [-0.2, -0.15) is 5.26 Å². The van der Waals surface area contributed by atoms with Gasteiger partial charge in [0.05, 0.1) is 12.5 Å². The van der Waals surface area contributed by atoms with E-state index < -0.39 is 17.6 Å². The monoisotopic (exact) mass is 194 g/mol. The largest absolute Gasteiger partial charge is 0.505 e. The summed E-state index contributed by atoms with van der Waals surface area (Å²) in [4.78, 5) is 0. The molecule has 0 bridgehead atoms. The number of hydrogen-bond donors (Lipinski definition) is 2. The number of aromatic hydroxyl groups is 1. The molecule has 0 saturated carbocycles. The van der Waals surface area contributed by atoms with Crippen molar-refractivity contribution in [3.63, 3.8) is 0 Å². The Morgan fingerprint density at radius 3 is 2.86 bits per heavy atom.